The fourth-order valence-corrected chi connectivity index (χ4v) is 2.42. The number of para-hydroxylation sites is 2. The van der Waals surface area contributed by atoms with E-state index in [1.807, 2.05) is 24.3 Å². The van der Waals surface area contributed by atoms with Gasteiger partial charge in [-0.2, -0.15) is 0 Å². The topological polar surface area (TPSA) is 37.8 Å². The maximum absolute atomic E-state index is 13.4. The summed E-state index contributed by atoms with van der Waals surface area (Å²) in [5, 5.41) is 3.11. The zero-order valence-corrected chi connectivity index (χ0v) is 13.1. The van der Waals surface area contributed by atoms with Crippen molar-refractivity contribution in [1.29, 1.82) is 0 Å². The number of halogens is 1. The van der Waals surface area contributed by atoms with Crippen molar-refractivity contribution in [1.82, 2.24) is 9.97 Å². The van der Waals surface area contributed by atoms with Crippen LogP contribution in [0.4, 0.5) is 15.9 Å². The second-order valence-corrected chi connectivity index (χ2v) is 5.31. The third-order valence-corrected chi connectivity index (χ3v) is 3.54. The van der Waals surface area contributed by atoms with Crippen LogP contribution in [0.1, 0.15) is 5.69 Å². The molecule has 0 spiro atoms. The van der Waals surface area contributed by atoms with Crippen LogP contribution in [0.2, 0.25) is 0 Å². The van der Waals surface area contributed by atoms with Crippen LogP contribution >= 0.6 is 12.6 Å². The number of fused-ring (bicyclic) bond motifs is 1. The van der Waals surface area contributed by atoms with Gasteiger partial charge in [-0.05, 0) is 36.4 Å². The number of nitrogens with zero attached hydrogens (tertiary/aromatic N) is 2. The molecule has 0 bridgehead atoms. The van der Waals surface area contributed by atoms with Gasteiger partial charge in [0.2, 0.25) is 0 Å². The summed E-state index contributed by atoms with van der Waals surface area (Å²) in [5.41, 5.74) is 2.68. The fourth-order valence-electron chi connectivity index (χ4n) is 2.16. The molecule has 5 heteroatoms. The molecule has 1 N–H and O–H groups in total. The van der Waals surface area contributed by atoms with Gasteiger partial charge in [0, 0.05) is 10.6 Å². The molecule has 3 aromatic rings. The minimum atomic E-state index is -0.321. The number of hydrogen-bond donors (Lipinski definition) is 2. The quantitative estimate of drug-likeness (QED) is 0.526. The lowest BCUT2D eigenvalue weighted by Gasteiger charge is -2.12. The largest absolute Gasteiger partial charge is 0.338 e. The van der Waals surface area contributed by atoms with Gasteiger partial charge < -0.3 is 5.32 Å². The minimum Gasteiger partial charge on any atom is -0.338 e. The van der Waals surface area contributed by atoms with Crippen LogP contribution in [-0.2, 0) is 0 Å². The number of nitrogens with one attached hydrogen (secondary N) is 1. The van der Waals surface area contributed by atoms with Gasteiger partial charge in [0.05, 0.1) is 11.0 Å². The lowest BCUT2D eigenvalue weighted by atomic mass is 10.2. The van der Waals surface area contributed by atoms with Crippen molar-refractivity contribution in [2.45, 2.75) is 0 Å². The van der Waals surface area contributed by atoms with Crippen LogP contribution in [-0.4, -0.2) is 9.97 Å². The SMILES string of the molecule is C=C/C=C(\S)c1nc2ccccc2nc1Nc1cccc(F)c1. The van der Waals surface area contributed by atoms with Crippen LogP contribution in [0.15, 0.2) is 67.3 Å². The molecule has 0 amide bonds. The van der Waals surface area contributed by atoms with E-state index in [0.717, 1.165) is 11.0 Å². The van der Waals surface area contributed by atoms with Gasteiger partial charge in [0.25, 0.3) is 0 Å². The molecule has 0 atom stereocenters. The van der Waals surface area contributed by atoms with Crippen molar-refractivity contribution < 1.29 is 4.39 Å². The lowest BCUT2D eigenvalue weighted by Crippen LogP contribution is -2.01. The summed E-state index contributed by atoms with van der Waals surface area (Å²) in [5.74, 6) is 0.190. The van der Waals surface area contributed by atoms with Gasteiger partial charge in [-0.15, -0.1) is 12.6 Å². The van der Waals surface area contributed by atoms with E-state index in [2.05, 4.69) is 34.5 Å². The predicted octanol–water partition coefficient (Wildman–Crippen LogP) is 4.97. The maximum atomic E-state index is 13.4. The van der Waals surface area contributed by atoms with Crippen molar-refractivity contribution in [2.75, 3.05) is 5.32 Å². The third kappa shape index (κ3) is 3.40. The molecule has 1 heterocycles. The van der Waals surface area contributed by atoms with Crippen LogP contribution < -0.4 is 5.32 Å². The van der Waals surface area contributed by atoms with Crippen molar-refractivity contribution in [3.05, 3.63) is 78.8 Å². The lowest BCUT2D eigenvalue weighted by molar-refractivity contribution is 0.628. The van der Waals surface area contributed by atoms with E-state index in [-0.39, 0.29) is 5.82 Å². The van der Waals surface area contributed by atoms with Crippen LogP contribution in [0.3, 0.4) is 0 Å². The highest BCUT2D eigenvalue weighted by Crippen LogP contribution is 2.28. The number of thiol groups is 1. The summed E-state index contributed by atoms with van der Waals surface area (Å²) < 4.78 is 13.4. The monoisotopic (exact) mass is 323 g/mol. The van der Waals surface area contributed by atoms with E-state index in [1.54, 1.807) is 24.3 Å². The molecule has 3 nitrogen and oxygen atoms in total. The molecule has 1 aromatic heterocycles. The number of hydrogen-bond acceptors (Lipinski definition) is 4. The van der Waals surface area contributed by atoms with Crippen molar-refractivity contribution in [2.24, 2.45) is 0 Å². The molecule has 23 heavy (non-hydrogen) atoms. The molecule has 0 aliphatic heterocycles. The first kappa shape index (κ1) is 15.2. The molecular formula is C18H14FN3S. The van der Waals surface area contributed by atoms with E-state index >= 15 is 0 Å². The van der Waals surface area contributed by atoms with E-state index in [1.165, 1.54) is 12.1 Å². The van der Waals surface area contributed by atoms with E-state index in [9.17, 15) is 4.39 Å². The first-order chi connectivity index (χ1) is 11.2. The standard InChI is InChI=1S/C18H14FN3S/c1-2-6-16(23)17-18(20-13-8-5-7-12(19)11-13)22-15-10-4-3-9-14(15)21-17/h2-11,23H,1H2,(H,20,22)/b16-6-. The number of allylic oxidation sites excluding steroid dienone is 2. The highest BCUT2D eigenvalue weighted by atomic mass is 32.1. The maximum Gasteiger partial charge on any atom is 0.158 e. The Kier molecular flexibility index (Phi) is 4.39. The number of rotatable bonds is 4. The second-order valence-electron chi connectivity index (χ2n) is 4.83. The Morgan fingerprint density at radius 1 is 1.09 bits per heavy atom. The van der Waals surface area contributed by atoms with Gasteiger partial charge in [0.15, 0.2) is 5.82 Å². The van der Waals surface area contributed by atoms with Gasteiger partial charge in [-0.25, -0.2) is 14.4 Å². The van der Waals surface area contributed by atoms with Crippen LogP contribution in [0, 0.1) is 5.82 Å². The Bertz CT molecular complexity index is 906. The Balaban J connectivity index is 2.14. The Morgan fingerprint density at radius 3 is 2.52 bits per heavy atom. The first-order valence-electron chi connectivity index (χ1n) is 6.99. The first-order valence-corrected chi connectivity index (χ1v) is 7.43. The molecule has 0 saturated heterocycles. The Labute approximate surface area is 139 Å². The number of anilines is 2. The smallest absolute Gasteiger partial charge is 0.158 e. The zero-order valence-electron chi connectivity index (χ0n) is 12.2. The molecule has 3 rings (SSSR count). The van der Waals surface area contributed by atoms with Crippen molar-refractivity contribution >= 4 is 40.1 Å². The minimum absolute atomic E-state index is 0.321. The summed E-state index contributed by atoms with van der Waals surface area (Å²) >= 11 is 4.45. The molecule has 0 unspecified atom stereocenters. The molecule has 0 fully saturated rings. The average molecular weight is 323 g/mol. The highest BCUT2D eigenvalue weighted by molar-refractivity contribution is 7.90. The van der Waals surface area contributed by atoms with E-state index in [0.29, 0.717) is 22.1 Å². The Morgan fingerprint density at radius 2 is 1.83 bits per heavy atom. The summed E-state index contributed by atoms with van der Waals surface area (Å²) in [6.07, 6.45) is 3.36. The summed E-state index contributed by atoms with van der Waals surface area (Å²) in [6, 6.07) is 13.7. The number of benzene rings is 2. The normalized spacial score (nSPS) is 11.5. The second kappa shape index (κ2) is 6.62. The summed E-state index contributed by atoms with van der Waals surface area (Å²) in [4.78, 5) is 9.81. The van der Waals surface area contributed by atoms with Gasteiger partial charge in [-0.3, -0.25) is 0 Å². The van der Waals surface area contributed by atoms with Gasteiger partial charge >= 0.3 is 0 Å². The predicted molar refractivity (Wildman–Crippen MR) is 96.4 cm³/mol. The van der Waals surface area contributed by atoms with Crippen LogP contribution in [0.5, 0.6) is 0 Å². The third-order valence-electron chi connectivity index (χ3n) is 3.18. The molecule has 114 valence electrons. The van der Waals surface area contributed by atoms with Crippen LogP contribution in [0.25, 0.3) is 15.9 Å². The van der Waals surface area contributed by atoms with Crippen molar-refractivity contribution in [3.8, 4) is 0 Å². The van der Waals surface area contributed by atoms with Crippen molar-refractivity contribution in [3.63, 3.8) is 0 Å². The summed E-state index contributed by atoms with van der Waals surface area (Å²) in [6.45, 7) is 3.67. The zero-order chi connectivity index (χ0) is 16.2. The van der Waals surface area contributed by atoms with E-state index in [4.69, 9.17) is 0 Å². The molecule has 0 aliphatic carbocycles. The average Bonchev–Trinajstić information content (AvgIpc) is 2.54. The van der Waals surface area contributed by atoms with Gasteiger partial charge in [0.1, 0.15) is 11.5 Å². The van der Waals surface area contributed by atoms with E-state index < -0.39 is 0 Å². The molecule has 0 saturated carbocycles. The van der Waals surface area contributed by atoms with Gasteiger partial charge in [-0.1, -0.05) is 30.9 Å². The molecule has 2 aromatic carbocycles. The number of aromatic nitrogens is 2. The molecule has 0 aliphatic rings. The Hall–Kier alpha value is -2.66. The molecule has 0 radical (unpaired) electrons. The summed E-state index contributed by atoms with van der Waals surface area (Å²) in [7, 11) is 0. The highest BCUT2D eigenvalue weighted by Gasteiger charge is 2.11. The fraction of sp³-hybridized carbons (Fsp3) is 0. The molecular weight excluding hydrogens is 309 g/mol.